The molecule has 8 aliphatic heterocycles. The Kier molecular flexibility index (Phi) is 41.8. The van der Waals surface area contributed by atoms with Gasteiger partial charge in [-0.15, -0.1) is 0 Å². The van der Waals surface area contributed by atoms with Crippen LogP contribution in [0.4, 0.5) is 0 Å². The monoisotopic (exact) mass is 1990 g/mol. The van der Waals surface area contributed by atoms with Gasteiger partial charge in [0.2, 0.25) is 35.4 Å². The van der Waals surface area contributed by atoms with E-state index in [1.807, 2.05) is 0 Å². The van der Waals surface area contributed by atoms with Gasteiger partial charge in [0.1, 0.15) is 195 Å². The topological polar surface area (TPSA) is 980 Å². The highest BCUT2D eigenvalue weighted by atomic mass is 16.8. The first kappa shape index (κ1) is 115. The Morgan fingerprint density at radius 2 is 0.662 bits per heavy atom. The molecule has 8 rings (SSSR count). The zero-order valence-electron chi connectivity index (χ0n) is 73.2. The number of aliphatic hydroxyl groups excluding tert-OH is 27. The molecule has 8 saturated heterocycles. The van der Waals surface area contributed by atoms with Gasteiger partial charge < -0.3 is 261 Å². The summed E-state index contributed by atoms with van der Waals surface area (Å²) in [5.41, 5.74) is 0. The number of nitrogens with one attached hydrogen (secondary N) is 6. The summed E-state index contributed by atoms with van der Waals surface area (Å²) < 4.78 is 93.4. The minimum absolute atomic E-state index is 0.805. The number of amides is 6. The number of carbonyl (C=O) groups excluding carboxylic acids is 6. The summed E-state index contributed by atoms with van der Waals surface area (Å²) in [4.78, 5) is 116. The second-order valence-electron chi connectivity index (χ2n) is 33.7. The standard InChI is InChI=1S/C75H124N6O55/c1-20(90)76-26(10-82)56(47(106)33(102)18-121-65-42(80-24(5)94)51(110)57(36(16-88)125-65)129-68-54(113)63(48(107)34(14-86)123-68)135-74(71(117)118)8-28(97)40(78-22(3)92)60(133-74)45(104)31(100)12-84)128-67-53(112)62(50(109)38(127-67)19-122-73(70(115)116)7-27(96)39(77-21(2)91)59(132-73)44(103)30(99)11-83)131-66-43(81-25(6)95)52(111)58(37(17-89)126-66)130-69-55(114)64(49(108)35(15-87)124-69)136-75(72(119)120)9-29(98)41(79-23(4)93)61(134-75)46(105)32(101)13-85/h26-69,82-89,96-114H,7-19H2,1-6H3,(H,76,90)(H,77,91)(H,78,92)(H,79,93)(H,80,94)(H,81,95)(H,115,116)(H,117,118)(H,119,120)/t26-,27-,28-,29-,30+,31+,32+,33+,34+,35+,36+,37+,38+,39+,40+,41+,42+,43+,44+,45+,46+,47-,48-,49-,50-,51+,52+,53+,54+,55+,56+,57+,58+,59+,60+,61+,62-,63-,64-,65+,66-,67-,68-,69-,73+,74-,75-/m0/s1. The maximum absolute atomic E-state index is 13.6. The molecule has 0 unspecified atom stereocenters. The van der Waals surface area contributed by atoms with E-state index in [1.165, 1.54) is 0 Å². The minimum Gasteiger partial charge on any atom is -0.477 e. The van der Waals surface area contributed by atoms with Gasteiger partial charge in [0, 0.05) is 60.8 Å². The van der Waals surface area contributed by atoms with Gasteiger partial charge >= 0.3 is 17.9 Å². The number of carbonyl (C=O) groups is 9. The van der Waals surface area contributed by atoms with Crippen LogP contribution in [0.2, 0.25) is 0 Å². The summed E-state index contributed by atoms with van der Waals surface area (Å²) >= 11 is 0. The molecule has 8 fully saturated rings. The number of hydrogen-bond donors (Lipinski definition) is 36. The van der Waals surface area contributed by atoms with Crippen LogP contribution in [0.1, 0.15) is 60.8 Å². The van der Waals surface area contributed by atoms with Gasteiger partial charge in [0.15, 0.2) is 31.5 Å². The second-order valence-corrected chi connectivity index (χ2v) is 33.7. The minimum atomic E-state index is -3.36. The Balaban J connectivity index is 1.11. The lowest BCUT2D eigenvalue weighted by Crippen LogP contribution is -2.71. The molecular weight excluding hydrogens is 1860 g/mol. The molecule has 8 aliphatic rings. The quantitative estimate of drug-likeness (QED) is 0.0269. The highest BCUT2D eigenvalue weighted by molar-refractivity contribution is 5.79. The molecule has 0 aromatic rings. The summed E-state index contributed by atoms with van der Waals surface area (Å²) in [6.07, 6.45) is -93.3. The van der Waals surface area contributed by atoms with Crippen LogP contribution in [0.15, 0.2) is 0 Å². The van der Waals surface area contributed by atoms with Crippen molar-refractivity contribution in [1.82, 2.24) is 31.9 Å². The number of rotatable bonds is 44. The van der Waals surface area contributed by atoms with E-state index < -0.39 is 425 Å². The van der Waals surface area contributed by atoms with Crippen LogP contribution < -0.4 is 31.9 Å². The van der Waals surface area contributed by atoms with Crippen LogP contribution in [-0.2, 0) is 119 Å². The average molecular weight is 1990 g/mol. The third-order valence-electron chi connectivity index (χ3n) is 23.7. The number of carboxylic acid groups (broad SMARTS) is 3. The number of hydrogen-bond acceptors (Lipinski definition) is 52. The molecule has 61 heteroatoms. The third kappa shape index (κ3) is 26.3. The van der Waals surface area contributed by atoms with Crippen molar-refractivity contribution in [2.75, 3.05) is 66.1 Å². The lowest BCUT2D eigenvalue weighted by atomic mass is 9.88. The van der Waals surface area contributed by atoms with E-state index in [2.05, 4.69) is 31.9 Å². The molecule has 0 aromatic heterocycles. The number of carboxylic acids is 3. The van der Waals surface area contributed by atoms with Gasteiger partial charge in [0.25, 0.3) is 17.4 Å². The van der Waals surface area contributed by atoms with Gasteiger partial charge in [-0.3, -0.25) is 28.8 Å². The van der Waals surface area contributed by atoms with Crippen molar-refractivity contribution in [3.8, 4) is 0 Å². The van der Waals surface area contributed by atoms with E-state index in [1.54, 1.807) is 0 Å². The van der Waals surface area contributed by atoms with Crippen LogP contribution in [0.5, 0.6) is 0 Å². The number of aliphatic carboxylic acids is 3. The molecule has 136 heavy (non-hydrogen) atoms. The molecule has 47 atom stereocenters. The summed E-state index contributed by atoms with van der Waals surface area (Å²) in [6.45, 7) is -7.91. The summed E-state index contributed by atoms with van der Waals surface area (Å²) in [7, 11) is 0. The molecule has 0 aliphatic carbocycles. The lowest BCUT2D eigenvalue weighted by molar-refractivity contribution is -0.389. The smallest absolute Gasteiger partial charge is 0.364 e. The van der Waals surface area contributed by atoms with Crippen LogP contribution in [0.3, 0.4) is 0 Å². The van der Waals surface area contributed by atoms with E-state index in [0.717, 1.165) is 41.5 Å². The van der Waals surface area contributed by atoms with Crippen molar-refractivity contribution in [2.24, 2.45) is 0 Å². The largest absolute Gasteiger partial charge is 0.477 e. The molecule has 36 N–H and O–H groups in total. The molecule has 8 heterocycles. The van der Waals surface area contributed by atoms with E-state index in [0.29, 0.717) is 0 Å². The molecular formula is C75H124N6O55. The molecule has 0 saturated carbocycles. The first-order valence-electron chi connectivity index (χ1n) is 42.4. The summed E-state index contributed by atoms with van der Waals surface area (Å²) in [5, 5.41) is 349. The molecule has 0 bridgehead atoms. The highest BCUT2D eigenvalue weighted by Gasteiger charge is 2.66. The van der Waals surface area contributed by atoms with Gasteiger partial charge in [-0.1, -0.05) is 0 Å². The molecule has 784 valence electrons. The Labute approximate surface area is 768 Å². The van der Waals surface area contributed by atoms with E-state index >= 15 is 0 Å². The highest BCUT2D eigenvalue weighted by Crippen LogP contribution is 2.44. The first-order chi connectivity index (χ1) is 63.7. The predicted octanol–water partition coefficient (Wildman–Crippen LogP) is -22.5. The molecule has 0 radical (unpaired) electrons. The predicted molar refractivity (Wildman–Crippen MR) is 420 cm³/mol. The Morgan fingerprint density at radius 1 is 0.346 bits per heavy atom. The number of ether oxygens (including phenoxy) is 16. The van der Waals surface area contributed by atoms with E-state index in [4.69, 9.17) is 75.8 Å². The Bertz CT molecular complexity index is 3900. The SMILES string of the molecule is CC(=O)N[C@H]1[C@H](OC[C@@H](O)[C@H](O)[C@H](O[C@@H]2O[C@H](CO[C@]3(C(=O)O)C[C@H](O)[C@@H](NC(C)=O)[C@H]([C@H](O)[C@H](O)CO)O3)[C@H](O)[C@H](O[C@@H]3O[C@H](CO)[C@@H](O[C@@H]4O[C@H](CO)[C@H](O)[C@H](O[C@]5(C(=O)O)C[C@H](O)[C@@H](NC(C)=O)[C@H]([C@H](O)[C@H](O)CO)O5)[C@H]4O)[C@H](O)[C@H]3NC(C)=O)[C@H]2O)[C@H](CO)NC(C)=O)O[C@H](CO)[C@@H](O[C@@H]2O[C@H](CO)[C@H](O)[C@H](O[C@]3(C(=O)O)C[C@H](O)[C@@H](NC(C)=O)[C@H]([C@H](O)[C@H](O)CO)O3)[C@H]2O)[C@@H]1O. The van der Waals surface area contributed by atoms with E-state index in [9.17, 15) is 196 Å². The number of aliphatic hydroxyl groups is 27. The maximum Gasteiger partial charge on any atom is 0.364 e. The van der Waals surface area contributed by atoms with Crippen LogP contribution >= 0.6 is 0 Å². The Morgan fingerprint density at radius 3 is 1.01 bits per heavy atom. The van der Waals surface area contributed by atoms with Crippen molar-refractivity contribution in [1.29, 1.82) is 0 Å². The zero-order chi connectivity index (χ0) is 102. The normalized spacial score (nSPS) is 41.2. The van der Waals surface area contributed by atoms with Crippen molar-refractivity contribution < 1.29 is 272 Å². The molecule has 0 aromatic carbocycles. The fourth-order valence-electron chi connectivity index (χ4n) is 16.9. The van der Waals surface area contributed by atoms with Crippen LogP contribution in [0, 0.1) is 0 Å². The van der Waals surface area contributed by atoms with Crippen molar-refractivity contribution in [3.05, 3.63) is 0 Å². The summed E-state index contributed by atoms with van der Waals surface area (Å²) in [5.74, 6) is -22.6. The Hall–Kier alpha value is -6.49. The second kappa shape index (κ2) is 49.5. The molecule has 6 amide bonds. The van der Waals surface area contributed by atoms with E-state index in [-0.39, 0.29) is 0 Å². The van der Waals surface area contributed by atoms with Gasteiger partial charge in [-0.2, -0.15) is 0 Å². The van der Waals surface area contributed by atoms with Crippen molar-refractivity contribution in [3.63, 3.8) is 0 Å². The average Bonchev–Trinajstić information content (AvgIpc) is 0.763. The van der Waals surface area contributed by atoms with Crippen LogP contribution in [0.25, 0.3) is 0 Å². The van der Waals surface area contributed by atoms with Crippen LogP contribution in [-0.4, -0.2) is 559 Å². The van der Waals surface area contributed by atoms with Gasteiger partial charge in [-0.05, 0) is 0 Å². The third-order valence-corrected chi connectivity index (χ3v) is 23.7. The lowest BCUT2D eigenvalue weighted by Gasteiger charge is -2.51. The maximum atomic E-state index is 13.6. The fraction of sp³-hybridized carbons (Fsp3) is 0.880. The summed E-state index contributed by atoms with van der Waals surface area (Å²) in [6, 6.07) is -11.8. The first-order valence-corrected chi connectivity index (χ1v) is 42.4. The van der Waals surface area contributed by atoms with Gasteiger partial charge in [-0.25, -0.2) is 14.4 Å². The van der Waals surface area contributed by atoms with Crippen molar-refractivity contribution >= 4 is 53.4 Å². The molecule has 61 nitrogen and oxygen atoms in total. The van der Waals surface area contributed by atoms with Gasteiger partial charge in [0.05, 0.1) is 109 Å². The molecule has 0 spiro atoms. The van der Waals surface area contributed by atoms with Crippen molar-refractivity contribution in [2.45, 2.75) is 347 Å². The fourth-order valence-corrected chi connectivity index (χ4v) is 16.9. The zero-order valence-corrected chi connectivity index (χ0v) is 73.2.